The lowest BCUT2D eigenvalue weighted by atomic mass is 10.1. The fourth-order valence-corrected chi connectivity index (χ4v) is 1.65. The third-order valence-corrected chi connectivity index (χ3v) is 2.84. The summed E-state index contributed by atoms with van der Waals surface area (Å²) in [5.74, 6) is -2.43. The van der Waals surface area contributed by atoms with Gasteiger partial charge in [0.2, 0.25) is 5.91 Å². The maximum atomic E-state index is 12.1. The number of hydrogen-bond donors (Lipinski definition) is 1. The zero-order valence-corrected chi connectivity index (χ0v) is 11.0. The van der Waals surface area contributed by atoms with Gasteiger partial charge in [0.25, 0.3) is 0 Å². The van der Waals surface area contributed by atoms with Crippen molar-refractivity contribution in [2.45, 2.75) is 33.4 Å². The molecule has 1 amide bonds. The number of carbonyl (C=O) groups is 2. The van der Waals surface area contributed by atoms with Crippen LogP contribution in [-0.2, 0) is 16.1 Å². The Morgan fingerprint density at radius 2 is 1.72 bits per heavy atom. The van der Waals surface area contributed by atoms with Gasteiger partial charge >= 0.3 is 5.97 Å². The number of nitrogens with zero attached hydrogens (tertiary/aromatic N) is 1. The highest BCUT2D eigenvalue weighted by Gasteiger charge is 2.27. The summed E-state index contributed by atoms with van der Waals surface area (Å²) in [6.07, 6.45) is 0. The molecule has 0 aromatic heterocycles. The first-order valence-corrected chi connectivity index (χ1v) is 6.00. The average molecular weight is 249 g/mol. The first kappa shape index (κ1) is 14.2. The van der Waals surface area contributed by atoms with Crippen LogP contribution >= 0.6 is 0 Å². The third-order valence-electron chi connectivity index (χ3n) is 2.84. The molecule has 0 spiro atoms. The zero-order chi connectivity index (χ0) is 13.7. The van der Waals surface area contributed by atoms with E-state index in [0.717, 1.165) is 5.56 Å². The molecule has 0 fully saturated rings. The van der Waals surface area contributed by atoms with Crippen molar-refractivity contribution in [2.24, 2.45) is 5.92 Å². The first-order valence-electron chi connectivity index (χ1n) is 6.00. The maximum absolute atomic E-state index is 12.1. The predicted octanol–water partition coefficient (Wildman–Crippen LogP) is 2.14. The Balaban J connectivity index is 2.84. The third kappa shape index (κ3) is 3.58. The van der Waals surface area contributed by atoms with Crippen LogP contribution in [0.3, 0.4) is 0 Å². The summed E-state index contributed by atoms with van der Waals surface area (Å²) in [5, 5.41) is 8.90. The quantitative estimate of drug-likeness (QED) is 0.813. The van der Waals surface area contributed by atoms with Crippen molar-refractivity contribution in [3.05, 3.63) is 35.9 Å². The van der Waals surface area contributed by atoms with Crippen LogP contribution in [0.4, 0.5) is 0 Å². The van der Waals surface area contributed by atoms with Gasteiger partial charge in [-0.25, -0.2) is 0 Å². The van der Waals surface area contributed by atoms with Crippen LogP contribution in [0.1, 0.15) is 26.3 Å². The molecule has 18 heavy (non-hydrogen) atoms. The molecule has 1 unspecified atom stereocenters. The molecule has 0 heterocycles. The van der Waals surface area contributed by atoms with Crippen molar-refractivity contribution >= 4 is 11.9 Å². The van der Waals surface area contributed by atoms with Crippen molar-refractivity contribution in [1.82, 2.24) is 4.90 Å². The molecule has 98 valence electrons. The number of carboxylic acid groups (broad SMARTS) is 1. The number of benzene rings is 1. The second kappa shape index (κ2) is 6.19. The van der Waals surface area contributed by atoms with Crippen LogP contribution in [0, 0.1) is 5.92 Å². The van der Waals surface area contributed by atoms with Crippen molar-refractivity contribution in [2.75, 3.05) is 0 Å². The van der Waals surface area contributed by atoms with E-state index in [1.165, 1.54) is 6.92 Å². The number of carboxylic acids is 1. The smallest absolute Gasteiger partial charge is 0.315 e. The molecular weight excluding hydrogens is 230 g/mol. The van der Waals surface area contributed by atoms with Gasteiger partial charge in [-0.3, -0.25) is 9.59 Å². The summed E-state index contributed by atoms with van der Waals surface area (Å²) >= 11 is 0. The minimum Gasteiger partial charge on any atom is -0.481 e. The normalized spacial score (nSPS) is 12.2. The largest absolute Gasteiger partial charge is 0.481 e. The lowest BCUT2D eigenvalue weighted by Crippen LogP contribution is -2.41. The van der Waals surface area contributed by atoms with Crippen LogP contribution in [-0.4, -0.2) is 27.9 Å². The summed E-state index contributed by atoms with van der Waals surface area (Å²) in [7, 11) is 0. The van der Waals surface area contributed by atoms with Gasteiger partial charge in [0, 0.05) is 12.6 Å². The monoisotopic (exact) mass is 249 g/mol. The minimum absolute atomic E-state index is 0.0282. The van der Waals surface area contributed by atoms with Gasteiger partial charge in [0.05, 0.1) is 0 Å². The van der Waals surface area contributed by atoms with E-state index in [1.807, 2.05) is 44.2 Å². The van der Waals surface area contributed by atoms with Gasteiger partial charge in [0.15, 0.2) is 0 Å². The number of hydrogen-bond acceptors (Lipinski definition) is 2. The summed E-state index contributed by atoms with van der Waals surface area (Å²) in [4.78, 5) is 24.5. The van der Waals surface area contributed by atoms with Crippen LogP contribution in [0.25, 0.3) is 0 Å². The van der Waals surface area contributed by atoms with E-state index in [1.54, 1.807) is 4.90 Å². The van der Waals surface area contributed by atoms with E-state index in [9.17, 15) is 9.59 Å². The summed E-state index contributed by atoms with van der Waals surface area (Å²) in [6, 6.07) is 9.53. The van der Waals surface area contributed by atoms with E-state index in [0.29, 0.717) is 6.54 Å². The van der Waals surface area contributed by atoms with Gasteiger partial charge in [-0.1, -0.05) is 30.3 Å². The summed E-state index contributed by atoms with van der Waals surface area (Å²) < 4.78 is 0. The van der Waals surface area contributed by atoms with Crippen molar-refractivity contribution in [3.8, 4) is 0 Å². The van der Waals surface area contributed by atoms with Gasteiger partial charge in [0.1, 0.15) is 5.92 Å². The van der Waals surface area contributed by atoms with E-state index in [4.69, 9.17) is 5.11 Å². The van der Waals surface area contributed by atoms with Crippen molar-refractivity contribution in [3.63, 3.8) is 0 Å². The Morgan fingerprint density at radius 1 is 1.17 bits per heavy atom. The fourth-order valence-electron chi connectivity index (χ4n) is 1.65. The Morgan fingerprint density at radius 3 is 2.17 bits per heavy atom. The molecule has 0 saturated heterocycles. The summed E-state index contributed by atoms with van der Waals surface area (Å²) in [5.41, 5.74) is 0.997. The van der Waals surface area contributed by atoms with Crippen LogP contribution in [0.2, 0.25) is 0 Å². The Labute approximate surface area is 107 Å². The van der Waals surface area contributed by atoms with Gasteiger partial charge in [-0.2, -0.15) is 0 Å². The molecule has 4 heteroatoms. The fraction of sp³-hybridized carbons (Fsp3) is 0.429. The number of rotatable bonds is 5. The van der Waals surface area contributed by atoms with Crippen LogP contribution in [0.5, 0.6) is 0 Å². The molecule has 0 aliphatic heterocycles. The first-order chi connectivity index (χ1) is 8.43. The van der Waals surface area contributed by atoms with E-state index in [-0.39, 0.29) is 11.9 Å². The van der Waals surface area contributed by atoms with E-state index >= 15 is 0 Å². The SMILES string of the molecule is CC(C(=O)O)C(=O)N(Cc1ccccc1)C(C)C. The van der Waals surface area contributed by atoms with Crippen molar-refractivity contribution < 1.29 is 14.7 Å². The van der Waals surface area contributed by atoms with Gasteiger partial charge < -0.3 is 10.0 Å². The Bertz CT molecular complexity index is 414. The lowest BCUT2D eigenvalue weighted by molar-refractivity contribution is -0.151. The predicted molar refractivity (Wildman–Crippen MR) is 68.9 cm³/mol. The highest BCUT2D eigenvalue weighted by molar-refractivity contribution is 5.96. The van der Waals surface area contributed by atoms with Crippen LogP contribution < -0.4 is 0 Å². The van der Waals surface area contributed by atoms with E-state index in [2.05, 4.69) is 0 Å². The zero-order valence-electron chi connectivity index (χ0n) is 11.0. The Hall–Kier alpha value is -1.84. The molecule has 1 N–H and O–H groups in total. The second-order valence-electron chi connectivity index (χ2n) is 4.61. The maximum Gasteiger partial charge on any atom is 0.315 e. The standard InChI is InChI=1S/C14H19NO3/c1-10(2)15(13(16)11(3)14(17)18)9-12-7-5-4-6-8-12/h4-8,10-11H,9H2,1-3H3,(H,17,18). The molecule has 1 rings (SSSR count). The topological polar surface area (TPSA) is 57.6 Å². The molecular formula is C14H19NO3. The van der Waals surface area contributed by atoms with Gasteiger partial charge in [-0.05, 0) is 26.3 Å². The molecule has 0 saturated carbocycles. The highest BCUT2D eigenvalue weighted by atomic mass is 16.4. The molecule has 1 aromatic carbocycles. The summed E-state index contributed by atoms with van der Waals surface area (Å²) in [6.45, 7) is 5.63. The molecule has 0 bridgehead atoms. The average Bonchev–Trinajstić information content (AvgIpc) is 2.35. The number of aliphatic carboxylic acids is 1. The lowest BCUT2D eigenvalue weighted by Gasteiger charge is -2.28. The van der Waals surface area contributed by atoms with E-state index < -0.39 is 11.9 Å². The number of carbonyl (C=O) groups excluding carboxylic acids is 1. The molecule has 1 atom stereocenters. The van der Waals surface area contributed by atoms with Crippen LogP contribution in [0.15, 0.2) is 30.3 Å². The highest BCUT2D eigenvalue weighted by Crippen LogP contribution is 2.12. The van der Waals surface area contributed by atoms with Crippen molar-refractivity contribution in [1.29, 1.82) is 0 Å². The second-order valence-corrected chi connectivity index (χ2v) is 4.61. The minimum atomic E-state index is -1.08. The number of amides is 1. The Kier molecular flexibility index (Phi) is 4.89. The molecule has 0 aliphatic carbocycles. The molecule has 0 aliphatic rings. The molecule has 4 nitrogen and oxygen atoms in total. The molecule has 1 aromatic rings. The molecule has 0 radical (unpaired) electrons. The van der Waals surface area contributed by atoms with Gasteiger partial charge in [-0.15, -0.1) is 0 Å².